The maximum atomic E-state index is 13.7. The van der Waals surface area contributed by atoms with Crippen molar-refractivity contribution in [2.45, 2.75) is 37.8 Å². The van der Waals surface area contributed by atoms with Gasteiger partial charge in [-0.3, -0.25) is 9.69 Å². The number of carbonyl (C=O) groups excluding carboxylic acids is 1. The topological polar surface area (TPSA) is 45.7 Å². The maximum absolute atomic E-state index is 13.7. The number of thioether (sulfide) groups is 1. The first kappa shape index (κ1) is 24.8. The summed E-state index contributed by atoms with van der Waals surface area (Å²) in [5, 5.41) is 1.68. The number of benzene rings is 2. The van der Waals surface area contributed by atoms with E-state index in [0.717, 1.165) is 29.2 Å². The van der Waals surface area contributed by atoms with Crippen molar-refractivity contribution in [1.29, 1.82) is 0 Å². The molecule has 1 heterocycles. The standard InChI is InChI=1S/C24H30ClN3O2S2/c1-6-27(7-2)13-14-28(23(29)17-9-8-10-18(15-17)31-16(3)4)24-26-21-20(30-5)12-11-19(25)22(21)32-24/h8-12,15-16H,6-7,13-14H2,1-5H3. The van der Waals surface area contributed by atoms with Crippen LogP contribution in [0.15, 0.2) is 41.3 Å². The third kappa shape index (κ3) is 5.76. The van der Waals surface area contributed by atoms with Gasteiger partial charge < -0.3 is 9.64 Å². The molecule has 0 saturated carbocycles. The molecule has 0 radical (unpaired) electrons. The Morgan fingerprint density at radius 1 is 1.19 bits per heavy atom. The Balaban J connectivity index is 2.01. The Labute approximate surface area is 203 Å². The van der Waals surface area contributed by atoms with E-state index >= 15 is 0 Å². The van der Waals surface area contributed by atoms with Crippen LogP contribution >= 0.6 is 34.7 Å². The summed E-state index contributed by atoms with van der Waals surface area (Å²) in [6.45, 7) is 11.7. The second-order valence-corrected chi connectivity index (χ2v) is 10.6. The molecule has 3 aromatic rings. The Morgan fingerprint density at radius 3 is 2.59 bits per heavy atom. The number of methoxy groups -OCH3 is 1. The summed E-state index contributed by atoms with van der Waals surface area (Å²) in [5.41, 5.74) is 1.34. The molecule has 1 amide bonds. The molecule has 0 N–H and O–H groups in total. The lowest BCUT2D eigenvalue weighted by Gasteiger charge is -2.25. The highest BCUT2D eigenvalue weighted by Crippen LogP contribution is 2.39. The van der Waals surface area contributed by atoms with Gasteiger partial charge >= 0.3 is 0 Å². The zero-order valence-corrected chi connectivity index (χ0v) is 21.6. The van der Waals surface area contributed by atoms with Crippen molar-refractivity contribution >= 4 is 56.0 Å². The first-order chi connectivity index (χ1) is 15.4. The lowest BCUT2D eigenvalue weighted by Crippen LogP contribution is -2.38. The molecule has 0 atom stereocenters. The molecule has 32 heavy (non-hydrogen) atoms. The smallest absolute Gasteiger partial charge is 0.260 e. The van der Waals surface area contributed by atoms with Crippen LogP contribution in [0, 0.1) is 0 Å². The number of aromatic nitrogens is 1. The van der Waals surface area contributed by atoms with Crippen LogP contribution in [0.1, 0.15) is 38.1 Å². The summed E-state index contributed by atoms with van der Waals surface area (Å²) in [5.74, 6) is 0.593. The Morgan fingerprint density at radius 2 is 1.94 bits per heavy atom. The van der Waals surface area contributed by atoms with E-state index in [-0.39, 0.29) is 5.91 Å². The van der Waals surface area contributed by atoms with Gasteiger partial charge in [-0.15, -0.1) is 11.8 Å². The van der Waals surface area contributed by atoms with Crippen molar-refractivity contribution in [3.63, 3.8) is 0 Å². The van der Waals surface area contributed by atoms with Crippen molar-refractivity contribution in [3.8, 4) is 5.75 Å². The molecule has 3 rings (SSSR count). The van der Waals surface area contributed by atoms with E-state index in [0.29, 0.717) is 38.8 Å². The van der Waals surface area contributed by atoms with Gasteiger partial charge in [0.25, 0.3) is 5.91 Å². The van der Waals surface area contributed by atoms with Gasteiger partial charge in [0.05, 0.1) is 16.8 Å². The van der Waals surface area contributed by atoms with Gasteiger partial charge in [-0.25, -0.2) is 4.98 Å². The largest absolute Gasteiger partial charge is 0.494 e. The van der Waals surface area contributed by atoms with Crippen LogP contribution in [0.4, 0.5) is 5.13 Å². The number of ether oxygens (including phenoxy) is 1. The molecular weight excluding hydrogens is 462 g/mol. The zero-order chi connectivity index (χ0) is 23.3. The second kappa shape index (κ2) is 11.4. The van der Waals surface area contributed by atoms with E-state index in [1.807, 2.05) is 30.3 Å². The molecule has 0 saturated heterocycles. The van der Waals surface area contributed by atoms with Crippen LogP contribution in [0.3, 0.4) is 0 Å². The summed E-state index contributed by atoms with van der Waals surface area (Å²) >= 11 is 9.61. The van der Waals surface area contributed by atoms with Crippen LogP contribution in [0.5, 0.6) is 5.75 Å². The monoisotopic (exact) mass is 491 g/mol. The normalized spacial score (nSPS) is 11.5. The van der Waals surface area contributed by atoms with Crippen LogP contribution in [0.2, 0.25) is 5.02 Å². The van der Waals surface area contributed by atoms with Crippen LogP contribution in [-0.2, 0) is 0 Å². The maximum Gasteiger partial charge on any atom is 0.260 e. The third-order valence-electron chi connectivity index (χ3n) is 5.13. The number of anilines is 1. The van der Waals surface area contributed by atoms with Gasteiger partial charge in [0.15, 0.2) is 5.13 Å². The lowest BCUT2D eigenvalue weighted by atomic mass is 10.2. The molecule has 0 aliphatic rings. The fraction of sp³-hybridized carbons (Fsp3) is 0.417. The van der Waals surface area contributed by atoms with E-state index in [1.165, 1.54) is 11.3 Å². The van der Waals surface area contributed by atoms with E-state index in [9.17, 15) is 4.79 Å². The number of hydrogen-bond acceptors (Lipinski definition) is 6. The van der Waals surface area contributed by atoms with Crippen molar-refractivity contribution in [2.75, 3.05) is 38.2 Å². The summed E-state index contributed by atoms with van der Waals surface area (Å²) in [6.07, 6.45) is 0. The molecule has 0 fully saturated rings. The Bertz CT molecular complexity index is 1070. The highest BCUT2D eigenvalue weighted by molar-refractivity contribution is 7.99. The summed E-state index contributed by atoms with van der Waals surface area (Å²) in [7, 11) is 1.61. The van der Waals surface area contributed by atoms with Gasteiger partial charge in [-0.05, 0) is 43.4 Å². The molecular formula is C24H30ClN3O2S2. The first-order valence-corrected chi connectivity index (χ1v) is 12.9. The second-order valence-electron chi connectivity index (χ2n) is 7.60. The van der Waals surface area contributed by atoms with Gasteiger partial charge in [0.2, 0.25) is 0 Å². The van der Waals surface area contributed by atoms with Gasteiger partial charge in [0.1, 0.15) is 11.3 Å². The van der Waals surface area contributed by atoms with Gasteiger partial charge in [-0.2, -0.15) is 0 Å². The van der Waals surface area contributed by atoms with Gasteiger partial charge in [-0.1, -0.05) is 56.7 Å². The number of amides is 1. The van der Waals surface area contributed by atoms with Crippen molar-refractivity contribution in [3.05, 3.63) is 47.0 Å². The fourth-order valence-corrected chi connectivity index (χ4v) is 5.59. The SMILES string of the molecule is CCN(CC)CCN(C(=O)c1cccc(SC(C)C)c1)c1nc2c(OC)ccc(Cl)c2s1. The minimum atomic E-state index is -0.0579. The van der Waals surface area contributed by atoms with Crippen LogP contribution in [-0.4, -0.2) is 54.3 Å². The van der Waals surface area contributed by atoms with Crippen molar-refractivity contribution in [1.82, 2.24) is 9.88 Å². The number of carbonyl (C=O) groups is 1. The molecule has 2 aromatic carbocycles. The van der Waals surface area contributed by atoms with Gasteiger partial charge in [0, 0.05) is 28.8 Å². The predicted octanol–water partition coefficient (Wildman–Crippen LogP) is 6.45. The number of halogens is 1. The van der Waals surface area contributed by atoms with E-state index in [2.05, 4.69) is 32.6 Å². The number of thiazole rings is 1. The van der Waals surface area contributed by atoms with E-state index in [4.69, 9.17) is 21.3 Å². The van der Waals surface area contributed by atoms with Crippen molar-refractivity contribution in [2.24, 2.45) is 0 Å². The molecule has 0 spiro atoms. The number of fused-ring (bicyclic) bond motifs is 1. The average molecular weight is 492 g/mol. The predicted molar refractivity (Wildman–Crippen MR) is 138 cm³/mol. The first-order valence-electron chi connectivity index (χ1n) is 10.8. The average Bonchev–Trinajstić information content (AvgIpc) is 3.22. The summed E-state index contributed by atoms with van der Waals surface area (Å²) in [4.78, 5) is 23.6. The Kier molecular flexibility index (Phi) is 8.82. The summed E-state index contributed by atoms with van der Waals surface area (Å²) < 4.78 is 6.30. The third-order valence-corrected chi connectivity index (χ3v) is 7.67. The molecule has 0 aliphatic heterocycles. The molecule has 8 heteroatoms. The van der Waals surface area contributed by atoms with E-state index < -0.39 is 0 Å². The molecule has 0 bridgehead atoms. The fourth-order valence-electron chi connectivity index (χ4n) is 3.42. The van der Waals surface area contributed by atoms with Crippen LogP contribution in [0.25, 0.3) is 10.2 Å². The molecule has 0 aliphatic carbocycles. The summed E-state index contributed by atoms with van der Waals surface area (Å²) in [6, 6.07) is 11.4. The quantitative estimate of drug-likeness (QED) is 0.305. The minimum Gasteiger partial charge on any atom is -0.494 e. The zero-order valence-electron chi connectivity index (χ0n) is 19.2. The number of hydrogen-bond donors (Lipinski definition) is 0. The molecule has 0 unspecified atom stereocenters. The van der Waals surface area contributed by atoms with E-state index in [1.54, 1.807) is 29.8 Å². The lowest BCUT2D eigenvalue weighted by molar-refractivity contribution is 0.0983. The van der Waals surface area contributed by atoms with Crippen molar-refractivity contribution < 1.29 is 9.53 Å². The minimum absolute atomic E-state index is 0.0579. The molecule has 172 valence electrons. The highest BCUT2D eigenvalue weighted by Gasteiger charge is 2.24. The Hall–Kier alpha value is -1.80. The molecule has 5 nitrogen and oxygen atoms in total. The molecule has 1 aromatic heterocycles. The van der Waals surface area contributed by atoms with Crippen LogP contribution < -0.4 is 9.64 Å². The highest BCUT2D eigenvalue weighted by atomic mass is 35.5. The number of rotatable bonds is 10. The number of likely N-dealkylation sites (N-methyl/N-ethyl adjacent to an activating group) is 1. The number of nitrogens with zero attached hydrogens (tertiary/aromatic N) is 3.